The molecule has 0 unspecified atom stereocenters. The molecule has 6 nitrogen and oxygen atoms in total. The van der Waals surface area contributed by atoms with Crippen molar-refractivity contribution in [3.63, 3.8) is 0 Å². The second-order valence-electron chi connectivity index (χ2n) is 16.2. The Bertz CT molecular complexity index is 1140. The number of unbranched alkanes of at least 4 members (excludes halogenated alkanes) is 3. The van der Waals surface area contributed by atoms with Crippen LogP contribution in [0.2, 0.25) is 13.3 Å². The first-order valence-corrected chi connectivity index (χ1v) is 28.1. The van der Waals surface area contributed by atoms with Gasteiger partial charge in [-0.15, -0.1) is 23.2 Å². The molecule has 4 heterocycles. The van der Waals surface area contributed by atoms with Gasteiger partial charge in [-0.2, -0.15) is 0 Å². The molecule has 0 spiro atoms. The van der Waals surface area contributed by atoms with Gasteiger partial charge in [0.1, 0.15) is 18.3 Å². The van der Waals surface area contributed by atoms with Gasteiger partial charge < -0.3 is 14.2 Å². The first-order chi connectivity index (χ1) is 23.2. The molecule has 6 rings (SSSR count). The summed E-state index contributed by atoms with van der Waals surface area (Å²) >= 11 is 7.11. The van der Waals surface area contributed by atoms with Gasteiger partial charge in [0.05, 0.1) is 23.2 Å². The molecule has 0 aromatic heterocycles. The summed E-state index contributed by atoms with van der Waals surface area (Å²) in [6, 6.07) is 0. The van der Waals surface area contributed by atoms with Gasteiger partial charge in [0, 0.05) is 5.57 Å². The van der Waals surface area contributed by atoms with E-state index in [4.69, 9.17) is 51.6 Å². The number of alkyl halides is 2. The molecule has 6 fully saturated rings. The Labute approximate surface area is 311 Å². The van der Waals surface area contributed by atoms with Crippen LogP contribution in [0.5, 0.6) is 0 Å². The monoisotopic (exact) mass is 840 g/mol. The van der Waals surface area contributed by atoms with Crippen molar-refractivity contribution >= 4 is 41.6 Å². The van der Waals surface area contributed by atoms with E-state index in [1.165, 1.54) is 51.8 Å². The minimum Gasteiger partial charge on any atom is -0.367 e. The van der Waals surface area contributed by atoms with E-state index in [1.807, 2.05) is 20.8 Å². The second kappa shape index (κ2) is 16.9. The average molecular weight is 841 g/mol. The fourth-order valence-electron chi connectivity index (χ4n) is 10.2. The molecule has 0 amide bonds. The fraction of sp³-hybridized carbons (Fsp3) is 0.897. The zero-order valence-corrected chi connectivity index (χ0v) is 36.7. The van der Waals surface area contributed by atoms with Crippen LogP contribution < -0.4 is 0 Å². The Balaban J connectivity index is 0.000000227. The largest absolute Gasteiger partial charge is 0.367 e. The van der Waals surface area contributed by atoms with E-state index in [-0.39, 0.29) is 65.0 Å². The van der Waals surface area contributed by atoms with Crippen LogP contribution in [0.1, 0.15) is 128 Å². The van der Waals surface area contributed by atoms with Crippen molar-refractivity contribution in [3.8, 4) is 0 Å². The van der Waals surface area contributed by atoms with E-state index in [2.05, 4.69) is 59.5 Å². The predicted molar refractivity (Wildman–Crippen MR) is 201 cm³/mol. The van der Waals surface area contributed by atoms with Gasteiger partial charge in [0.2, 0.25) is 0 Å². The van der Waals surface area contributed by atoms with Gasteiger partial charge >= 0.3 is 185 Å². The summed E-state index contributed by atoms with van der Waals surface area (Å²) in [5.74, 6) is -1.08. The van der Waals surface area contributed by atoms with Crippen LogP contribution in [-0.2, 0) is 28.4 Å². The van der Waals surface area contributed by atoms with E-state index < -0.39 is 30.0 Å². The third-order valence-electron chi connectivity index (χ3n) is 12.5. The fourth-order valence-corrected chi connectivity index (χ4v) is 25.8. The summed E-state index contributed by atoms with van der Waals surface area (Å²) in [7, 11) is 0. The van der Waals surface area contributed by atoms with Crippen molar-refractivity contribution in [1.29, 1.82) is 0 Å². The van der Waals surface area contributed by atoms with Crippen molar-refractivity contribution in [2.75, 3.05) is 5.34 Å². The maximum atomic E-state index is 13.2. The summed E-state index contributed by atoms with van der Waals surface area (Å²) in [5.41, 5.74) is 2.00. The first-order valence-electron chi connectivity index (χ1n) is 19.3. The van der Waals surface area contributed by atoms with Crippen molar-refractivity contribution < 1.29 is 32.8 Å². The molecule has 4 bridgehead atoms. The van der Waals surface area contributed by atoms with Gasteiger partial charge in [-0.25, -0.2) is 4.39 Å². The van der Waals surface area contributed by atoms with Crippen LogP contribution in [0, 0.1) is 10.8 Å². The first kappa shape index (κ1) is 42.3. The molecule has 10 atom stereocenters. The maximum Gasteiger partial charge on any atom is 0.163 e. The molecular formula is C39H67Cl2FO6Sn. The second-order valence-corrected chi connectivity index (χ2v) is 29.9. The van der Waals surface area contributed by atoms with E-state index in [0.717, 1.165) is 18.4 Å². The molecule has 0 radical (unpaired) electrons. The SMILES string of the molecule is CCC[CH2][Sn](/[CH]=C1\[C@@H]2O[C@H](C)[C@@]1(CC)[C@H]1OC(C)(C)O[C@@H]21)([CH2]CCC)[CH2]CCC.CC[C@]12/C(=C/F)[C@H](O[C@@H]1C)[C@@H]1OC(C)(C)O[C@@H]12.ClCCl. The Morgan fingerprint density at radius 1 is 0.653 bits per heavy atom. The summed E-state index contributed by atoms with van der Waals surface area (Å²) in [5, 5.41) is 0.194. The maximum absolute atomic E-state index is 13.2. The number of halogens is 3. The van der Waals surface area contributed by atoms with Crippen LogP contribution in [0.25, 0.3) is 0 Å². The van der Waals surface area contributed by atoms with E-state index in [0.29, 0.717) is 6.33 Å². The smallest absolute Gasteiger partial charge is 0.163 e. The molecule has 6 aliphatic rings. The van der Waals surface area contributed by atoms with Gasteiger partial charge in [0.25, 0.3) is 0 Å². The van der Waals surface area contributed by atoms with Crippen LogP contribution in [-0.4, -0.2) is 84.1 Å². The van der Waals surface area contributed by atoms with Crippen LogP contribution in [0.4, 0.5) is 4.39 Å². The van der Waals surface area contributed by atoms with E-state index in [1.54, 1.807) is 5.57 Å². The summed E-state index contributed by atoms with van der Waals surface area (Å²) in [6.07, 6.45) is 10.8. The zero-order chi connectivity index (χ0) is 36.4. The molecule has 0 N–H and O–H groups in total. The Morgan fingerprint density at radius 2 is 1.02 bits per heavy atom. The van der Waals surface area contributed by atoms with E-state index >= 15 is 0 Å². The van der Waals surface area contributed by atoms with Gasteiger partial charge in [-0.3, -0.25) is 0 Å². The minimum atomic E-state index is -2.42. The predicted octanol–water partition coefficient (Wildman–Crippen LogP) is 11.0. The molecule has 4 aliphatic heterocycles. The molecule has 49 heavy (non-hydrogen) atoms. The van der Waals surface area contributed by atoms with Crippen LogP contribution >= 0.6 is 23.2 Å². The quantitative estimate of drug-likeness (QED) is 0.144. The Hall–Kier alpha value is 0.549. The van der Waals surface area contributed by atoms with E-state index in [9.17, 15) is 4.39 Å². The van der Waals surface area contributed by atoms with Crippen molar-refractivity contribution in [1.82, 2.24) is 0 Å². The molecular weight excluding hydrogens is 773 g/mol. The molecule has 2 saturated carbocycles. The third-order valence-corrected chi connectivity index (χ3v) is 26.7. The molecule has 4 saturated heterocycles. The third kappa shape index (κ3) is 7.74. The summed E-state index contributed by atoms with van der Waals surface area (Å²) in [4.78, 5) is 0. The number of fused-ring (bicyclic) bond motifs is 10. The van der Waals surface area contributed by atoms with Crippen molar-refractivity contribution in [2.45, 2.75) is 201 Å². The van der Waals surface area contributed by atoms with Gasteiger partial charge in [-0.05, 0) is 27.2 Å². The molecule has 10 heteroatoms. The van der Waals surface area contributed by atoms with Gasteiger partial charge in [-0.1, -0.05) is 6.92 Å². The number of hydrogen-bond acceptors (Lipinski definition) is 6. The number of hydrogen-bond donors (Lipinski definition) is 0. The molecule has 0 aromatic carbocycles. The summed E-state index contributed by atoms with van der Waals surface area (Å²) in [6.45, 7) is 23.7. The molecule has 0 aromatic rings. The number of ether oxygens (including phenoxy) is 6. The zero-order valence-electron chi connectivity index (χ0n) is 32.3. The minimum absolute atomic E-state index is 0.0155. The van der Waals surface area contributed by atoms with Crippen molar-refractivity contribution in [2.24, 2.45) is 10.8 Å². The average Bonchev–Trinajstić information content (AvgIpc) is 3.82. The van der Waals surface area contributed by atoms with Crippen molar-refractivity contribution in [3.05, 3.63) is 21.6 Å². The molecule has 2 aliphatic carbocycles. The Morgan fingerprint density at radius 3 is 1.37 bits per heavy atom. The summed E-state index contributed by atoms with van der Waals surface area (Å²) < 4.78 is 57.9. The molecule has 284 valence electrons. The topological polar surface area (TPSA) is 55.4 Å². The van der Waals surface area contributed by atoms with Crippen LogP contribution in [0.15, 0.2) is 21.6 Å². The Kier molecular flexibility index (Phi) is 14.6. The van der Waals surface area contributed by atoms with Crippen LogP contribution in [0.3, 0.4) is 0 Å². The standard InChI is InChI=1S/C13H19FO3.C13H19O3.3C4H9.CH2Cl2.Sn/c1-5-13-7(2)15-9(8(13)6-14)10-11(13)17-12(3,4)16-10;1-6-13-7(2)9(14-8(13)3)10-11(13)16-12(4,5)15-10;3*1-3-4-2;2-1-3;/h6-7,9-11H,5H2,1-4H3;2,8-11H,6H2,1,3-5H3;3*1,3-4H2,2H3;1H2;/b8-6+;;;;;;/t7-,9+,10+,11+,13-;8-,9+,10+,11+,13+;;;;;/m11...../s1. The van der Waals surface area contributed by atoms with Gasteiger partial charge in [0.15, 0.2) is 5.79 Å². The number of rotatable bonds is 12. The normalized spacial score (nSPS) is 40.7.